The molecular formula is C22H42. The van der Waals surface area contributed by atoms with Crippen LogP contribution in [0.3, 0.4) is 0 Å². The van der Waals surface area contributed by atoms with Crippen LogP contribution in [-0.2, 0) is 0 Å². The van der Waals surface area contributed by atoms with Crippen molar-refractivity contribution in [2.75, 3.05) is 0 Å². The van der Waals surface area contributed by atoms with E-state index in [0.717, 1.165) is 41.4 Å². The second-order valence-electron chi connectivity index (χ2n) is 10.2. The minimum atomic E-state index is 0.612. The van der Waals surface area contributed by atoms with Crippen molar-refractivity contribution in [1.29, 1.82) is 0 Å². The van der Waals surface area contributed by atoms with Crippen LogP contribution in [0.15, 0.2) is 0 Å². The maximum absolute atomic E-state index is 2.54. The van der Waals surface area contributed by atoms with Crippen molar-refractivity contribution in [2.45, 2.75) is 88.0 Å². The van der Waals surface area contributed by atoms with Crippen molar-refractivity contribution in [3.8, 4) is 0 Å². The van der Waals surface area contributed by atoms with Crippen LogP contribution in [0.5, 0.6) is 0 Å². The predicted octanol–water partition coefficient (Wildman–Crippen LogP) is 7.04. The number of hydrogen-bond donors (Lipinski definition) is 0. The van der Waals surface area contributed by atoms with Crippen LogP contribution in [0.2, 0.25) is 0 Å². The Bertz CT molecular complexity index is 373. The zero-order valence-corrected chi connectivity index (χ0v) is 16.9. The summed E-state index contributed by atoms with van der Waals surface area (Å²) in [7, 11) is 0. The van der Waals surface area contributed by atoms with Crippen molar-refractivity contribution in [3.63, 3.8) is 0 Å². The van der Waals surface area contributed by atoms with Gasteiger partial charge in [0.1, 0.15) is 0 Å². The summed E-state index contributed by atoms with van der Waals surface area (Å²) >= 11 is 0. The number of fused-ring (bicyclic) bond motifs is 1. The Kier molecular flexibility index (Phi) is 5.12. The largest absolute Gasteiger partial charge is 0.0651 e. The van der Waals surface area contributed by atoms with E-state index in [4.69, 9.17) is 0 Å². The third-order valence-corrected chi connectivity index (χ3v) is 8.39. The fourth-order valence-electron chi connectivity index (χ4n) is 6.68. The SMILES string of the molecule is CCC(C(C)C)C(C)CC(C)C(C)CC12C(C)C1CC2(C)C. The Morgan fingerprint density at radius 2 is 1.55 bits per heavy atom. The normalized spacial score (nSPS) is 37.9. The summed E-state index contributed by atoms with van der Waals surface area (Å²) in [5, 5.41) is 0. The van der Waals surface area contributed by atoms with Gasteiger partial charge in [-0.1, -0.05) is 68.7 Å². The summed E-state index contributed by atoms with van der Waals surface area (Å²) in [6.07, 6.45) is 5.73. The molecule has 130 valence electrons. The topological polar surface area (TPSA) is 0 Å². The molecule has 0 aliphatic heterocycles. The molecule has 7 atom stereocenters. The molecule has 0 heteroatoms. The standard InChI is InChI=1S/C22H42/c1-10-19(14(2)3)16(5)11-15(4)17(6)12-22-18(7)20(22)13-21(22,8)9/h14-20H,10-13H2,1-9H3. The van der Waals surface area contributed by atoms with E-state index >= 15 is 0 Å². The summed E-state index contributed by atoms with van der Waals surface area (Å²) in [5.41, 5.74) is 1.33. The lowest BCUT2D eigenvalue weighted by atomic mass is 9.58. The van der Waals surface area contributed by atoms with E-state index in [0.29, 0.717) is 10.8 Å². The highest BCUT2D eigenvalue weighted by atomic mass is 14.8. The molecule has 2 fully saturated rings. The highest BCUT2D eigenvalue weighted by molar-refractivity contribution is 5.24. The molecular weight excluding hydrogens is 264 g/mol. The molecule has 2 rings (SSSR count). The monoisotopic (exact) mass is 306 g/mol. The van der Waals surface area contributed by atoms with Gasteiger partial charge in [0.2, 0.25) is 0 Å². The first kappa shape index (κ1) is 18.3. The molecule has 2 aliphatic rings. The van der Waals surface area contributed by atoms with Crippen molar-refractivity contribution >= 4 is 0 Å². The molecule has 0 aromatic heterocycles. The summed E-state index contributed by atoms with van der Waals surface area (Å²) < 4.78 is 0. The Morgan fingerprint density at radius 1 is 0.955 bits per heavy atom. The van der Waals surface area contributed by atoms with Crippen molar-refractivity contribution in [3.05, 3.63) is 0 Å². The molecule has 0 nitrogen and oxygen atoms in total. The molecule has 0 saturated heterocycles. The Morgan fingerprint density at radius 3 is 1.91 bits per heavy atom. The van der Waals surface area contributed by atoms with Gasteiger partial charge in [0.15, 0.2) is 0 Å². The maximum Gasteiger partial charge on any atom is -0.0184 e. The van der Waals surface area contributed by atoms with Crippen LogP contribution in [-0.4, -0.2) is 0 Å². The molecule has 0 radical (unpaired) electrons. The van der Waals surface area contributed by atoms with Crippen LogP contribution in [0, 0.1) is 52.3 Å². The lowest BCUT2D eigenvalue weighted by Crippen LogP contribution is -2.39. The van der Waals surface area contributed by atoms with Gasteiger partial charge in [-0.05, 0) is 71.5 Å². The number of hydrogen-bond acceptors (Lipinski definition) is 0. The van der Waals surface area contributed by atoms with Crippen LogP contribution in [0.1, 0.15) is 88.0 Å². The summed E-state index contributed by atoms with van der Waals surface area (Å²) in [6, 6.07) is 0. The second-order valence-corrected chi connectivity index (χ2v) is 10.2. The minimum absolute atomic E-state index is 0.612. The van der Waals surface area contributed by atoms with Gasteiger partial charge in [-0.25, -0.2) is 0 Å². The van der Waals surface area contributed by atoms with Gasteiger partial charge in [-0.2, -0.15) is 0 Å². The lowest BCUT2D eigenvalue weighted by Gasteiger charge is -2.47. The first-order chi connectivity index (χ1) is 10.1. The van der Waals surface area contributed by atoms with Gasteiger partial charge in [-0.15, -0.1) is 0 Å². The summed E-state index contributed by atoms with van der Waals surface area (Å²) in [4.78, 5) is 0. The van der Waals surface area contributed by atoms with Crippen LogP contribution in [0.4, 0.5) is 0 Å². The van der Waals surface area contributed by atoms with E-state index in [1.54, 1.807) is 0 Å². The molecule has 0 spiro atoms. The fourth-order valence-corrected chi connectivity index (χ4v) is 6.68. The highest BCUT2D eigenvalue weighted by Crippen LogP contribution is 2.82. The molecule has 2 saturated carbocycles. The Balaban J connectivity index is 1.89. The average molecular weight is 307 g/mol. The maximum atomic E-state index is 2.54. The van der Waals surface area contributed by atoms with Gasteiger partial charge in [0.05, 0.1) is 0 Å². The van der Waals surface area contributed by atoms with E-state index in [1.165, 1.54) is 25.7 Å². The molecule has 0 aromatic carbocycles. The van der Waals surface area contributed by atoms with Crippen molar-refractivity contribution in [1.82, 2.24) is 0 Å². The second kappa shape index (κ2) is 6.14. The first-order valence-corrected chi connectivity index (χ1v) is 10.1. The van der Waals surface area contributed by atoms with E-state index in [9.17, 15) is 0 Å². The van der Waals surface area contributed by atoms with E-state index < -0.39 is 0 Å². The predicted molar refractivity (Wildman–Crippen MR) is 98.8 cm³/mol. The fraction of sp³-hybridized carbons (Fsp3) is 1.00. The smallest absolute Gasteiger partial charge is 0.0184 e. The molecule has 0 amide bonds. The lowest BCUT2D eigenvalue weighted by molar-refractivity contribution is 0.0201. The van der Waals surface area contributed by atoms with Crippen LogP contribution >= 0.6 is 0 Å². The average Bonchev–Trinajstić information content (AvgIpc) is 2.89. The van der Waals surface area contributed by atoms with E-state index in [-0.39, 0.29) is 0 Å². The third-order valence-electron chi connectivity index (χ3n) is 8.39. The summed E-state index contributed by atoms with van der Waals surface area (Å²) in [6.45, 7) is 22.3. The quantitative estimate of drug-likeness (QED) is 0.451. The van der Waals surface area contributed by atoms with Gasteiger partial charge in [0.25, 0.3) is 0 Å². The van der Waals surface area contributed by atoms with E-state index in [2.05, 4.69) is 62.3 Å². The van der Waals surface area contributed by atoms with Gasteiger partial charge >= 0.3 is 0 Å². The molecule has 0 heterocycles. The molecule has 7 unspecified atom stereocenters. The van der Waals surface area contributed by atoms with Crippen LogP contribution < -0.4 is 0 Å². The first-order valence-electron chi connectivity index (χ1n) is 10.1. The molecule has 0 aromatic rings. The Labute approximate surface area is 140 Å². The van der Waals surface area contributed by atoms with Crippen molar-refractivity contribution in [2.24, 2.45) is 52.3 Å². The molecule has 22 heavy (non-hydrogen) atoms. The van der Waals surface area contributed by atoms with E-state index in [1.807, 2.05) is 0 Å². The van der Waals surface area contributed by atoms with Crippen molar-refractivity contribution < 1.29 is 0 Å². The van der Waals surface area contributed by atoms with Gasteiger partial charge in [-0.3, -0.25) is 0 Å². The van der Waals surface area contributed by atoms with Gasteiger partial charge < -0.3 is 0 Å². The van der Waals surface area contributed by atoms with Crippen LogP contribution in [0.25, 0.3) is 0 Å². The minimum Gasteiger partial charge on any atom is -0.0651 e. The highest BCUT2D eigenvalue weighted by Gasteiger charge is 2.76. The molecule has 0 bridgehead atoms. The zero-order valence-electron chi connectivity index (χ0n) is 16.9. The molecule has 0 N–H and O–H groups in total. The molecule has 2 aliphatic carbocycles. The number of rotatable bonds is 8. The Hall–Kier alpha value is 0. The zero-order chi connectivity index (χ0) is 16.9. The third kappa shape index (κ3) is 2.78. The van der Waals surface area contributed by atoms with Gasteiger partial charge in [0, 0.05) is 0 Å². The summed E-state index contributed by atoms with van der Waals surface area (Å²) in [5.74, 6) is 6.44.